The number of hydrogen-bond acceptors (Lipinski definition) is 4. The largest absolute Gasteiger partial charge is 0.325 e. The van der Waals surface area contributed by atoms with Crippen LogP contribution >= 0.6 is 15.9 Å². The van der Waals surface area contributed by atoms with Gasteiger partial charge in [-0.05, 0) is 62.3 Å². The van der Waals surface area contributed by atoms with Crippen LogP contribution in [0.1, 0.15) is 24.6 Å². The maximum Gasteiger partial charge on any atom is 0.238 e. The molecule has 1 saturated heterocycles. The molecule has 6 nitrogen and oxygen atoms in total. The molecule has 0 unspecified atom stereocenters. The van der Waals surface area contributed by atoms with Crippen LogP contribution in [-0.4, -0.2) is 45.0 Å². The number of hydrogen-bond donors (Lipinski definition) is 1. The van der Waals surface area contributed by atoms with Crippen molar-refractivity contribution in [2.75, 3.05) is 25.0 Å². The Morgan fingerprint density at radius 3 is 2.65 bits per heavy atom. The predicted octanol–water partition coefficient (Wildman–Crippen LogP) is 3.31. The summed E-state index contributed by atoms with van der Waals surface area (Å²) < 4.78 is 3.07. The van der Waals surface area contributed by atoms with E-state index in [4.69, 9.17) is 0 Å². The highest BCUT2D eigenvalue weighted by atomic mass is 79.9. The van der Waals surface area contributed by atoms with Gasteiger partial charge in [-0.2, -0.15) is 0 Å². The molecular formula is C19H20BrN5O. The number of pyridine rings is 1. The second kappa shape index (κ2) is 7.55. The Hall–Kier alpha value is -2.25. The Bertz CT molecular complexity index is 900. The first kappa shape index (κ1) is 17.2. The number of halogens is 1. The van der Waals surface area contributed by atoms with Crippen molar-refractivity contribution in [3.05, 3.63) is 59.0 Å². The third-order valence-electron chi connectivity index (χ3n) is 4.79. The molecule has 3 aromatic rings. The lowest BCUT2D eigenvalue weighted by atomic mass is 9.96. The van der Waals surface area contributed by atoms with Crippen LogP contribution < -0.4 is 5.32 Å². The maximum atomic E-state index is 12.3. The summed E-state index contributed by atoms with van der Waals surface area (Å²) in [6.07, 6.45) is 3.99. The van der Waals surface area contributed by atoms with E-state index in [0.29, 0.717) is 12.5 Å². The highest BCUT2D eigenvalue weighted by Crippen LogP contribution is 2.27. The lowest BCUT2D eigenvalue weighted by Gasteiger charge is -2.30. The monoisotopic (exact) mass is 413 g/mol. The molecule has 134 valence electrons. The lowest BCUT2D eigenvalue weighted by Crippen LogP contribution is -2.39. The van der Waals surface area contributed by atoms with Gasteiger partial charge in [0.05, 0.1) is 6.54 Å². The molecule has 0 radical (unpaired) electrons. The number of fused-ring (bicyclic) bond motifs is 1. The van der Waals surface area contributed by atoms with Gasteiger partial charge in [0.2, 0.25) is 5.91 Å². The zero-order valence-electron chi connectivity index (χ0n) is 14.3. The predicted molar refractivity (Wildman–Crippen MR) is 104 cm³/mol. The second-order valence-electron chi connectivity index (χ2n) is 6.59. The topological polar surface area (TPSA) is 62.5 Å². The summed E-state index contributed by atoms with van der Waals surface area (Å²) in [5.41, 5.74) is 1.71. The fourth-order valence-electron chi connectivity index (χ4n) is 3.42. The summed E-state index contributed by atoms with van der Waals surface area (Å²) in [6.45, 7) is 2.20. The fraction of sp³-hybridized carbons (Fsp3) is 0.316. The number of carbonyl (C=O) groups is 1. The van der Waals surface area contributed by atoms with Crippen molar-refractivity contribution in [2.45, 2.75) is 18.8 Å². The molecule has 4 rings (SSSR count). The lowest BCUT2D eigenvalue weighted by molar-refractivity contribution is -0.117. The number of benzene rings is 1. The molecule has 2 aromatic heterocycles. The Balaban J connectivity index is 1.32. The molecule has 1 aliphatic heterocycles. The van der Waals surface area contributed by atoms with Crippen molar-refractivity contribution in [2.24, 2.45) is 0 Å². The molecular weight excluding hydrogens is 394 g/mol. The molecule has 0 atom stereocenters. The minimum atomic E-state index is 0.0266. The Morgan fingerprint density at radius 2 is 1.88 bits per heavy atom. The zero-order valence-corrected chi connectivity index (χ0v) is 15.9. The van der Waals surface area contributed by atoms with Crippen molar-refractivity contribution >= 4 is 33.2 Å². The molecule has 1 fully saturated rings. The van der Waals surface area contributed by atoms with Gasteiger partial charge in [0.25, 0.3) is 0 Å². The van der Waals surface area contributed by atoms with E-state index in [1.54, 1.807) is 0 Å². The third-order valence-corrected chi connectivity index (χ3v) is 5.32. The van der Waals surface area contributed by atoms with Gasteiger partial charge >= 0.3 is 0 Å². The first-order chi connectivity index (χ1) is 12.7. The second-order valence-corrected chi connectivity index (χ2v) is 7.51. The first-order valence-electron chi connectivity index (χ1n) is 8.76. The quantitative estimate of drug-likeness (QED) is 0.712. The van der Waals surface area contributed by atoms with Crippen LogP contribution in [-0.2, 0) is 4.79 Å². The Labute approximate surface area is 160 Å². The van der Waals surface area contributed by atoms with Crippen LogP contribution in [0.2, 0.25) is 0 Å². The van der Waals surface area contributed by atoms with Gasteiger partial charge in [0.15, 0.2) is 5.65 Å². The minimum Gasteiger partial charge on any atom is -0.325 e. The van der Waals surface area contributed by atoms with Crippen molar-refractivity contribution in [1.82, 2.24) is 19.5 Å². The number of rotatable bonds is 4. The standard InChI is InChI=1S/C19H20BrN5O/c20-15-4-6-16(7-5-15)21-18(26)13-24-11-8-14(9-12-24)19-23-22-17-3-1-2-10-25(17)19/h1-7,10,14H,8-9,11-13H2,(H,21,26). The van der Waals surface area contributed by atoms with Gasteiger partial charge in [-0.3, -0.25) is 14.1 Å². The number of piperidine rings is 1. The Kier molecular flexibility index (Phi) is 4.99. The van der Waals surface area contributed by atoms with E-state index >= 15 is 0 Å². The summed E-state index contributed by atoms with van der Waals surface area (Å²) in [7, 11) is 0. The molecule has 1 amide bonds. The van der Waals surface area contributed by atoms with E-state index in [9.17, 15) is 4.79 Å². The average Bonchev–Trinajstić information content (AvgIpc) is 3.08. The van der Waals surface area contributed by atoms with E-state index in [0.717, 1.165) is 47.6 Å². The molecule has 1 aliphatic rings. The average molecular weight is 414 g/mol. The highest BCUT2D eigenvalue weighted by Gasteiger charge is 2.25. The zero-order chi connectivity index (χ0) is 17.9. The molecule has 1 aromatic carbocycles. The molecule has 3 heterocycles. The Morgan fingerprint density at radius 1 is 1.12 bits per heavy atom. The van der Waals surface area contributed by atoms with Crippen molar-refractivity contribution in [3.63, 3.8) is 0 Å². The van der Waals surface area contributed by atoms with Gasteiger partial charge in [0, 0.05) is 22.3 Å². The molecule has 0 bridgehead atoms. The van der Waals surface area contributed by atoms with Crippen LogP contribution in [0.15, 0.2) is 53.1 Å². The van der Waals surface area contributed by atoms with Gasteiger partial charge in [-0.1, -0.05) is 22.0 Å². The van der Waals surface area contributed by atoms with E-state index in [-0.39, 0.29) is 5.91 Å². The molecule has 26 heavy (non-hydrogen) atoms. The minimum absolute atomic E-state index is 0.0266. The SMILES string of the molecule is O=C(CN1CCC(c2nnc3ccccn23)CC1)Nc1ccc(Br)cc1. The van der Waals surface area contributed by atoms with Gasteiger partial charge < -0.3 is 5.32 Å². The van der Waals surface area contributed by atoms with Gasteiger partial charge in [-0.25, -0.2) is 0 Å². The highest BCUT2D eigenvalue weighted by molar-refractivity contribution is 9.10. The van der Waals surface area contributed by atoms with E-state index in [1.165, 1.54) is 0 Å². The number of nitrogens with zero attached hydrogens (tertiary/aromatic N) is 4. The first-order valence-corrected chi connectivity index (χ1v) is 9.56. The molecule has 0 aliphatic carbocycles. The van der Waals surface area contributed by atoms with Crippen LogP contribution in [0.25, 0.3) is 5.65 Å². The van der Waals surface area contributed by atoms with E-state index < -0.39 is 0 Å². The molecule has 0 saturated carbocycles. The number of aromatic nitrogens is 3. The normalized spacial score (nSPS) is 16.0. The van der Waals surface area contributed by atoms with Gasteiger partial charge in [-0.15, -0.1) is 10.2 Å². The van der Waals surface area contributed by atoms with Gasteiger partial charge in [0.1, 0.15) is 5.82 Å². The number of carbonyl (C=O) groups excluding carboxylic acids is 1. The number of anilines is 1. The molecule has 1 N–H and O–H groups in total. The summed E-state index contributed by atoms with van der Waals surface area (Å²) >= 11 is 3.40. The number of likely N-dealkylation sites (tertiary alicyclic amines) is 1. The van der Waals surface area contributed by atoms with Crippen LogP contribution in [0, 0.1) is 0 Å². The van der Waals surface area contributed by atoms with Crippen molar-refractivity contribution in [3.8, 4) is 0 Å². The summed E-state index contributed by atoms with van der Waals surface area (Å²) in [6, 6.07) is 13.6. The summed E-state index contributed by atoms with van der Waals surface area (Å²) in [5, 5.41) is 11.6. The van der Waals surface area contributed by atoms with Crippen LogP contribution in [0.4, 0.5) is 5.69 Å². The summed E-state index contributed by atoms with van der Waals surface area (Å²) in [4.78, 5) is 14.5. The summed E-state index contributed by atoms with van der Waals surface area (Å²) in [5.74, 6) is 1.44. The number of nitrogens with one attached hydrogen (secondary N) is 1. The van der Waals surface area contributed by atoms with E-state index in [2.05, 4.69) is 40.7 Å². The molecule has 7 heteroatoms. The smallest absolute Gasteiger partial charge is 0.238 e. The third kappa shape index (κ3) is 3.78. The van der Waals surface area contributed by atoms with E-state index in [1.807, 2.05) is 48.7 Å². The van der Waals surface area contributed by atoms with Crippen LogP contribution in [0.5, 0.6) is 0 Å². The maximum absolute atomic E-state index is 12.3. The number of amides is 1. The van der Waals surface area contributed by atoms with Crippen molar-refractivity contribution < 1.29 is 4.79 Å². The fourth-order valence-corrected chi connectivity index (χ4v) is 3.69. The molecule has 0 spiro atoms. The van der Waals surface area contributed by atoms with Crippen LogP contribution in [0.3, 0.4) is 0 Å². The van der Waals surface area contributed by atoms with Crippen molar-refractivity contribution in [1.29, 1.82) is 0 Å².